The molecule has 0 aromatic heterocycles. The third-order valence-corrected chi connectivity index (χ3v) is 1.74. The molecule has 0 saturated carbocycles. The summed E-state index contributed by atoms with van der Waals surface area (Å²) in [6.45, 7) is 0. The zero-order chi connectivity index (χ0) is 12.0. The summed E-state index contributed by atoms with van der Waals surface area (Å²) in [6.07, 6.45) is 1.38. The molecule has 0 spiro atoms. The number of hydrogen-bond acceptors (Lipinski definition) is 4. The lowest BCUT2D eigenvalue weighted by atomic mass is 10.1. The van der Waals surface area contributed by atoms with E-state index in [1.54, 1.807) is 24.3 Å². The van der Waals surface area contributed by atoms with Crippen molar-refractivity contribution in [3.8, 4) is 0 Å². The van der Waals surface area contributed by atoms with Crippen LogP contribution in [0.25, 0.3) is 0 Å². The number of carbonyl (C=O) groups excluding carboxylic acids is 1. The van der Waals surface area contributed by atoms with E-state index in [0.29, 0.717) is 11.1 Å². The molecule has 0 atom stereocenters. The van der Waals surface area contributed by atoms with E-state index in [1.807, 2.05) is 0 Å². The normalized spacial score (nSPS) is 10.1. The number of esters is 1. The summed E-state index contributed by atoms with van der Waals surface area (Å²) in [5.74, 6) is -0.585. The van der Waals surface area contributed by atoms with Gasteiger partial charge in [-0.3, -0.25) is 0 Å². The molecule has 0 saturated heterocycles. The monoisotopic (exact) mass is 220 g/mol. The minimum Gasteiger partial charge on any atom is -0.465 e. The maximum atomic E-state index is 11.4. The number of methoxy groups -OCH3 is 1. The van der Waals surface area contributed by atoms with Crippen LogP contribution < -0.4 is 11.5 Å². The highest BCUT2D eigenvalue weighted by Gasteiger charge is 2.08. The van der Waals surface area contributed by atoms with Gasteiger partial charge in [-0.25, -0.2) is 4.79 Å². The fourth-order valence-electron chi connectivity index (χ4n) is 1.06. The molecular formula is C10H12N4O2. The van der Waals surface area contributed by atoms with E-state index in [-0.39, 0.29) is 5.96 Å². The first kappa shape index (κ1) is 11.7. The Morgan fingerprint density at radius 1 is 1.38 bits per heavy atom. The van der Waals surface area contributed by atoms with Crippen molar-refractivity contribution in [2.75, 3.05) is 7.11 Å². The van der Waals surface area contributed by atoms with Crippen LogP contribution in [0, 0.1) is 0 Å². The van der Waals surface area contributed by atoms with Crippen molar-refractivity contribution in [1.82, 2.24) is 0 Å². The van der Waals surface area contributed by atoms with Crippen molar-refractivity contribution in [3.05, 3.63) is 35.4 Å². The molecule has 6 nitrogen and oxygen atoms in total. The van der Waals surface area contributed by atoms with Crippen LogP contribution in [0.5, 0.6) is 0 Å². The first-order chi connectivity index (χ1) is 7.65. The van der Waals surface area contributed by atoms with Gasteiger partial charge in [-0.15, -0.1) is 5.10 Å². The summed E-state index contributed by atoms with van der Waals surface area (Å²) in [7, 11) is 1.31. The number of benzene rings is 1. The summed E-state index contributed by atoms with van der Waals surface area (Å²) in [4.78, 5) is 11.4. The van der Waals surface area contributed by atoms with E-state index < -0.39 is 5.97 Å². The minimum absolute atomic E-state index is 0.146. The number of rotatable bonds is 3. The lowest BCUT2D eigenvalue weighted by Crippen LogP contribution is -2.21. The molecule has 1 aromatic carbocycles. The Kier molecular flexibility index (Phi) is 4.02. The summed E-state index contributed by atoms with van der Waals surface area (Å²) in [6, 6.07) is 6.83. The molecule has 0 heterocycles. The summed E-state index contributed by atoms with van der Waals surface area (Å²) in [5, 5.41) is 7.06. The van der Waals surface area contributed by atoms with E-state index in [2.05, 4.69) is 14.9 Å². The maximum absolute atomic E-state index is 11.4. The Bertz CT molecular complexity index is 436. The van der Waals surface area contributed by atoms with Crippen LogP contribution in [0.3, 0.4) is 0 Å². The first-order valence-corrected chi connectivity index (χ1v) is 4.44. The number of guanidine groups is 1. The second-order valence-electron chi connectivity index (χ2n) is 2.85. The number of nitrogens with zero attached hydrogens (tertiary/aromatic N) is 2. The Hall–Kier alpha value is -2.37. The average Bonchev–Trinajstić information content (AvgIpc) is 2.28. The van der Waals surface area contributed by atoms with Crippen molar-refractivity contribution in [1.29, 1.82) is 0 Å². The van der Waals surface area contributed by atoms with Gasteiger partial charge < -0.3 is 16.2 Å². The standard InChI is InChI=1S/C10H12N4O2/c1-16-9(15)8-5-3-2-4-7(8)6-13-14-10(11)12/h2-6H,1H3,(H4,11,12,14). The van der Waals surface area contributed by atoms with Crippen molar-refractivity contribution in [2.24, 2.45) is 21.7 Å². The smallest absolute Gasteiger partial charge is 0.338 e. The molecule has 0 unspecified atom stereocenters. The molecule has 1 aromatic rings. The fraction of sp³-hybridized carbons (Fsp3) is 0.100. The molecule has 6 heteroatoms. The van der Waals surface area contributed by atoms with E-state index in [4.69, 9.17) is 11.5 Å². The van der Waals surface area contributed by atoms with Crippen LogP contribution in [0.15, 0.2) is 34.5 Å². The topological polar surface area (TPSA) is 103 Å². The summed E-state index contributed by atoms with van der Waals surface area (Å²) >= 11 is 0. The molecule has 4 N–H and O–H groups in total. The van der Waals surface area contributed by atoms with Gasteiger partial charge in [-0.1, -0.05) is 18.2 Å². The van der Waals surface area contributed by atoms with Crippen LogP contribution in [0.1, 0.15) is 15.9 Å². The van der Waals surface area contributed by atoms with E-state index in [1.165, 1.54) is 13.3 Å². The van der Waals surface area contributed by atoms with E-state index >= 15 is 0 Å². The predicted octanol–water partition coefficient (Wildman–Crippen LogP) is 0.0805. The maximum Gasteiger partial charge on any atom is 0.338 e. The first-order valence-electron chi connectivity index (χ1n) is 4.44. The Morgan fingerprint density at radius 3 is 2.69 bits per heavy atom. The molecule has 0 fully saturated rings. The van der Waals surface area contributed by atoms with Crippen LogP contribution in [-0.4, -0.2) is 25.3 Å². The number of nitrogens with two attached hydrogens (primary N) is 2. The van der Waals surface area contributed by atoms with Crippen LogP contribution in [0.2, 0.25) is 0 Å². The molecule has 0 radical (unpaired) electrons. The van der Waals surface area contributed by atoms with Gasteiger partial charge in [0.25, 0.3) is 0 Å². The second-order valence-corrected chi connectivity index (χ2v) is 2.85. The van der Waals surface area contributed by atoms with Gasteiger partial charge in [0.2, 0.25) is 5.96 Å². The van der Waals surface area contributed by atoms with Crippen LogP contribution in [-0.2, 0) is 4.74 Å². The summed E-state index contributed by atoms with van der Waals surface area (Å²) in [5.41, 5.74) is 11.2. The predicted molar refractivity (Wildman–Crippen MR) is 61.2 cm³/mol. The molecule has 1 rings (SSSR count). The molecule has 0 bridgehead atoms. The molecule has 16 heavy (non-hydrogen) atoms. The fourth-order valence-corrected chi connectivity index (χ4v) is 1.06. The molecule has 0 aliphatic heterocycles. The number of ether oxygens (including phenoxy) is 1. The van der Waals surface area contributed by atoms with Crippen molar-refractivity contribution < 1.29 is 9.53 Å². The third kappa shape index (κ3) is 3.09. The largest absolute Gasteiger partial charge is 0.465 e. The van der Waals surface area contributed by atoms with Crippen molar-refractivity contribution in [3.63, 3.8) is 0 Å². The number of hydrogen-bond donors (Lipinski definition) is 2. The lowest BCUT2D eigenvalue weighted by Gasteiger charge is -2.01. The highest BCUT2D eigenvalue weighted by Crippen LogP contribution is 2.07. The van der Waals surface area contributed by atoms with Gasteiger partial charge in [0, 0.05) is 5.56 Å². The third-order valence-electron chi connectivity index (χ3n) is 1.74. The molecular weight excluding hydrogens is 208 g/mol. The Morgan fingerprint density at radius 2 is 2.06 bits per heavy atom. The highest BCUT2D eigenvalue weighted by atomic mass is 16.5. The zero-order valence-electron chi connectivity index (χ0n) is 8.75. The second kappa shape index (κ2) is 5.50. The van der Waals surface area contributed by atoms with Gasteiger partial charge in [0.1, 0.15) is 0 Å². The van der Waals surface area contributed by atoms with Gasteiger partial charge >= 0.3 is 5.97 Å². The molecule has 0 amide bonds. The van der Waals surface area contributed by atoms with Crippen LogP contribution in [0.4, 0.5) is 0 Å². The van der Waals surface area contributed by atoms with Gasteiger partial charge in [0.05, 0.1) is 18.9 Å². The van der Waals surface area contributed by atoms with Gasteiger partial charge in [-0.2, -0.15) is 5.10 Å². The molecule has 0 aliphatic rings. The minimum atomic E-state index is -0.438. The van der Waals surface area contributed by atoms with E-state index in [0.717, 1.165) is 0 Å². The summed E-state index contributed by atoms with van der Waals surface area (Å²) < 4.78 is 4.62. The van der Waals surface area contributed by atoms with Gasteiger partial charge in [0.15, 0.2) is 0 Å². The SMILES string of the molecule is COC(=O)c1ccccc1C=NN=C(N)N. The Labute approximate surface area is 92.6 Å². The highest BCUT2D eigenvalue weighted by molar-refractivity contribution is 5.99. The zero-order valence-corrected chi connectivity index (χ0v) is 8.75. The number of carbonyl (C=O) groups is 1. The average molecular weight is 220 g/mol. The van der Waals surface area contributed by atoms with Gasteiger partial charge in [-0.05, 0) is 6.07 Å². The van der Waals surface area contributed by atoms with Crippen molar-refractivity contribution in [2.45, 2.75) is 0 Å². The lowest BCUT2D eigenvalue weighted by molar-refractivity contribution is 0.0600. The van der Waals surface area contributed by atoms with E-state index in [9.17, 15) is 4.79 Å². The molecule has 0 aliphatic carbocycles. The van der Waals surface area contributed by atoms with Crippen LogP contribution >= 0.6 is 0 Å². The quantitative estimate of drug-likeness (QED) is 0.326. The molecule has 84 valence electrons. The van der Waals surface area contributed by atoms with Crippen molar-refractivity contribution >= 4 is 18.1 Å². The Balaban J connectivity index is 3.00.